The zero-order valence-corrected chi connectivity index (χ0v) is 10.4. The van der Waals surface area contributed by atoms with Gasteiger partial charge in [-0.05, 0) is 31.2 Å². The number of aliphatic hydroxyl groups excluding tert-OH is 1. The highest BCUT2D eigenvalue weighted by Crippen LogP contribution is 2.21. The highest BCUT2D eigenvalue weighted by Gasteiger charge is 2.28. The summed E-state index contributed by atoms with van der Waals surface area (Å²) in [6.07, 6.45) is 0. The van der Waals surface area contributed by atoms with Crippen molar-refractivity contribution in [3.05, 3.63) is 24.3 Å². The maximum atomic E-state index is 12.0. The molecule has 0 spiro atoms. The number of aliphatic hydroxyl groups is 1. The van der Waals surface area contributed by atoms with Crippen LogP contribution in [-0.2, 0) is 4.79 Å². The van der Waals surface area contributed by atoms with Gasteiger partial charge < -0.3 is 20.1 Å². The number of nitrogens with zero attached hydrogens (tertiary/aromatic N) is 1. The predicted octanol–water partition coefficient (Wildman–Crippen LogP) is 0.382. The van der Waals surface area contributed by atoms with Gasteiger partial charge >= 0.3 is 0 Å². The van der Waals surface area contributed by atoms with Crippen LogP contribution < -0.4 is 15.0 Å². The molecule has 0 aromatic heterocycles. The summed E-state index contributed by atoms with van der Waals surface area (Å²) >= 11 is 0. The number of hydrogen-bond acceptors (Lipinski definition) is 4. The van der Waals surface area contributed by atoms with Gasteiger partial charge in [-0.15, -0.1) is 0 Å². The van der Waals surface area contributed by atoms with E-state index in [1.54, 1.807) is 4.90 Å². The highest BCUT2D eigenvalue weighted by molar-refractivity contribution is 5.98. The number of amides is 1. The Hall–Kier alpha value is -1.59. The van der Waals surface area contributed by atoms with E-state index >= 15 is 0 Å². The number of carbonyl (C=O) groups is 1. The first kappa shape index (κ1) is 12.9. The molecule has 2 rings (SSSR count). The molecule has 1 amide bonds. The van der Waals surface area contributed by atoms with E-state index in [2.05, 4.69) is 5.32 Å². The van der Waals surface area contributed by atoms with Gasteiger partial charge in [0.2, 0.25) is 5.91 Å². The van der Waals surface area contributed by atoms with Crippen LogP contribution in [0, 0.1) is 0 Å². The zero-order valence-electron chi connectivity index (χ0n) is 10.4. The summed E-state index contributed by atoms with van der Waals surface area (Å²) < 4.78 is 5.36. The van der Waals surface area contributed by atoms with Crippen molar-refractivity contribution in [2.75, 3.05) is 31.2 Å². The second-order valence-electron chi connectivity index (χ2n) is 4.11. The number of carbonyl (C=O) groups excluding carboxylic acids is 1. The molecule has 98 valence electrons. The molecule has 0 bridgehead atoms. The van der Waals surface area contributed by atoms with Crippen molar-refractivity contribution < 1.29 is 14.6 Å². The number of benzene rings is 1. The molecule has 1 unspecified atom stereocenters. The average Bonchev–Trinajstić information content (AvgIpc) is 2.41. The second kappa shape index (κ2) is 5.84. The van der Waals surface area contributed by atoms with E-state index in [1.165, 1.54) is 0 Å². The number of piperazine rings is 1. The lowest BCUT2D eigenvalue weighted by molar-refractivity contribution is -0.122. The molecule has 1 fully saturated rings. The van der Waals surface area contributed by atoms with Crippen LogP contribution in [0.2, 0.25) is 0 Å². The fourth-order valence-corrected chi connectivity index (χ4v) is 2.02. The van der Waals surface area contributed by atoms with Gasteiger partial charge in [-0.1, -0.05) is 0 Å². The van der Waals surface area contributed by atoms with Crippen LogP contribution in [0.3, 0.4) is 0 Å². The Morgan fingerprint density at radius 1 is 1.44 bits per heavy atom. The largest absolute Gasteiger partial charge is 0.494 e. The van der Waals surface area contributed by atoms with Crippen molar-refractivity contribution in [3.8, 4) is 5.75 Å². The van der Waals surface area contributed by atoms with Gasteiger partial charge in [-0.3, -0.25) is 4.79 Å². The molecule has 1 heterocycles. The van der Waals surface area contributed by atoms with Crippen LogP contribution in [-0.4, -0.2) is 43.4 Å². The minimum absolute atomic E-state index is 0.0899. The van der Waals surface area contributed by atoms with Crippen molar-refractivity contribution in [2.24, 2.45) is 0 Å². The highest BCUT2D eigenvalue weighted by atomic mass is 16.5. The molecule has 5 nitrogen and oxygen atoms in total. The molecule has 5 heteroatoms. The Morgan fingerprint density at radius 2 is 2.17 bits per heavy atom. The van der Waals surface area contributed by atoms with Crippen molar-refractivity contribution in [3.63, 3.8) is 0 Å². The first-order chi connectivity index (χ1) is 8.76. The van der Waals surface area contributed by atoms with Gasteiger partial charge in [-0.25, -0.2) is 0 Å². The minimum Gasteiger partial charge on any atom is -0.494 e. The third kappa shape index (κ3) is 2.63. The normalized spacial score (nSPS) is 20.0. The van der Waals surface area contributed by atoms with Crippen LogP contribution in [0.15, 0.2) is 24.3 Å². The average molecular weight is 250 g/mol. The fourth-order valence-electron chi connectivity index (χ4n) is 2.02. The second-order valence-corrected chi connectivity index (χ2v) is 4.11. The maximum absolute atomic E-state index is 12.0. The van der Waals surface area contributed by atoms with E-state index in [1.807, 2.05) is 31.2 Å². The molecule has 1 aliphatic heterocycles. The molecular weight excluding hydrogens is 232 g/mol. The smallest absolute Gasteiger partial charge is 0.246 e. The summed E-state index contributed by atoms with van der Waals surface area (Å²) in [6, 6.07) is 6.93. The molecule has 1 aromatic rings. The SMILES string of the molecule is CCOc1ccc(N2CCNC(CO)C2=O)cc1. The van der Waals surface area contributed by atoms with Crippen LogP contribution >= 0.6 is 0 Å². The van der Waals surface area contributed by atoms with E-state index in [0.717, 1.165) is 11.4 Å². The number of rotatable bonds is 4. The van der Waals surface area contributed by atoms with Crippen LogP contribution in [0.4, 0.5) is 5.69 Å². The fraction of sp³-hybridized carbons (Fsp3) is 0.462. The van der Waals surface area contributed by atoms with Crippen molar-refractivity contribution in [1.29, 1.82) is 0 Å². The van der Waals surface area contributed by atoms with E-state index in [0.29, 0.717) is 19.7 Å². The standard InChI is InChI=1S/C13H18N2O3/c1-2-18-11-5-3-10(4-6-11)15-8-7-14-12(9-16)13(15)17/h3-6,12,14,16H,2,7-9H2,1H3. The van der Waals surface area contributed by atoms with Gasteiger partial charge in [-0.2, -0.15) is 0 Å². The molecule has 2 N–H and O–H groups in total. The Kier molecular flexibility index (Phi) is 4.17. The Balaban J connectivity index is 2.12. The first-order valence-corrected chi connectivity index (χ1v) is 6.14. The molecular formula is C13H18N2O3. The van der Waals surface area contributed by atoms with E-state index in [9.17, 15) is 4.79 Å². The summed E-state index contributed by atoms with van der Waals surface area (Å²) in [5.74, 6) is 0.704. The van der Waals surface area contributed by atoms with Gasteiger partial charge in [0.25, 0.3) is 0 Å². The zero-order chi connectivity index (χ0) is 13.0. The molecule has 0 radical (unpaired) electrons. The number of nitrogens with one attached hydrogen (secondary N) is 1. The Morgan fingerprint density at radius 3 is 2.78 bits per heavy atom. The number of hydrogen-bond donors (Lipinski definition) is 2. The molecule has 1 saturated heterocycles. The van der Waals surface area contributed by atoms with E-state index in [4.69, 9.17) is 9.84 Å². The molecule has 18 heavy (non-hydrogen) atoms. The first-order valence-electron chi connectivity index (χ1n) is 6.14. The predicted molar refractivity (Wildman–Crippen MR) is 68.8 cm³/mol. The van der Waals surface area contributed by atoms with Gasteiger partial charge in [0, 0.05) is 18.8 Å². The maximum Gasteiger partial charge on any atom is 0.246 e. The van der Waals surface area contributed by atoms with Crippen molar-refractivity contribution in [1.82, 2.24) is 5.32 Å². The minimum atomic E-state index is -0.495. The van der Waals surface area contributed by atoms with Crippen molar-refractivity contribution >= 4 is 11.6 Å². The summed E-state index contributed by atoms with van der Waals surface area (Å²) in [4.78, 5) is 13.7. The van der Waals surface area contributed by atoms with Crippen molar-refractivity contribution in [2.45, 2.75) is 13.0 Å². The Labute approximate surface area is 106 Å². The topological polar surface area (TPSA) is 61.8 Å². The third-order valence-corrected chi connectivity index (χ3v) is 2.93. The lowest BCUT2D eigenvalue weighted by atomic mass is 10.1. The lowest BCUT2D eigenvalue weighted by Gasteiger charge is -2.32. The van der Waals surface area contributed by atoms with E-state index < -0.39 is 6.04 Å². The van der Waals surface area contributed by atoms with Gasteiger partial charge in [0.1, 0.15) is 11.8 Å². The summed E-state index contributed by atoms with van der Waals surface area (Å²) in [6.45, 7) is 3.68. The Bertz CT molecular complexity index is 405. The number of ether oxygens (including phenoxy) is 1. The summed E-state index contributed by atoms with van der Waals surface area (Å²) in [7, 11) is 0. The quantitative estimate of drug-likeness (QED) is 0.811. The molecule has 1 aromatic carbocycles. The van der Waals surface area contributed by atoms with Crippen LogP contribution in [0.25, 0.3) is 0 Å². The summed E-state index contributed by atoms with van der Waals surface area (Å²) in [5.41, 5.74) is 0.836. The molecule has 0 saturated carbocycles. The molecule has 0 aliphatic carbocycles. The van der Waals surface area contributed by atoms with E-state index in [-0.39, 0.29) is 12.5 Å². The monoisotopic (exact) mass is 250 g/mol. The summed E-state index contributed by atoms with van der Waals surface area (Å²) in [5, 5.41) is 12.1. The van der Waals surface area contributed by atoms with Gasteiger partial charge in [0.15, 0.2) is 0 Å². The molecule has 1 atom stereocenters. The van der Waals surface area contributed by atoms with Crippen LogP contribution in [0.1, 0.15) is 6.92 Å². The van der Waals surface area contributed by atoms with Crippen LogP contribution in [0.5, 0.6) is 5.75 Å². The molecule has 1 aliphatic rings. The van der Waals surface area contributed by atoms with Gasteiger partial charge in [0.05, 0.1) is 13.2 Å². The number of anilines is 1. The third-order valence-electron chi connectivity index (χ3n) is 2.93. The lowest BCUT2D eigenvalue weighted by Crippen LogP contribution is -2.56.